The second-order valence-electron chi connectivity index (χ2n) is 6.68. The largest absolute Gasteiger partial charge is 0.478 e. The minimum absolute atomic E-state index is 0.0488. The highest BCUT2D eigenvalue weighted by molar-refractivity contribution is 5.98. The Balaban J connectivity index is 1.86. The lowest BCUT2D eigenvalue weighted by Crippen LogP contribution is -2.37. The second kappa shape index (κ2) is 11.3. The molecule has 0 saturated carbocycles. The van der Waals surface area contributed by atoms with Gasteiger partial charge in [0.1, 0.15) is 0 Å². The Morgan fingerprint density at radius 3 is 1.35 bits per heavy atom. The highest BCUT2D eigenvalue weighted by Crippen LogP contribution is 2.18. The smallest absolute Gasteiger partial charge is 0.332 e. The van der Waals surface area contributed by atoms with Crippen LogP contribution in [0.5, 0.6) is 0 Å². The van der Waals surface area contributed by atoms with E-state index in [0.29, 0.717) is 39.3 Å². The Morgan fingerprint density at radius 1 is 0.692 bits per heavy atom. The van der Waals surface area contributed by atoms with Gasteiger partial charge in [-0.3, -0.25) is 9.80 Å². The third kappa shape index (κ3) is 7.03. The first-order valence-corrected chi connectivity index (χ1v) is 9.36. The Labute approximate surface area is 154 Å². The average Bonchev–Trinajstić information content (AvgIpc) is 2.64. The SMILES string of the molecule is O=C(O)/C(CCCN1CCOCC1)=C(\CCCN1CCOCC1)C(=O)O. The van der Waals surface area contributed by atoms with E-state index in [9.17, 15) is 19.8 Å². The molecule has 0 aliphatic carbocycles. The lowest BCUT2D eigenvalue weighted by molar-refractivity contribution is -0.136. The molecule has 0 aromatic rings. The molecule has 0 atom stereocenters. The van der Waals surface area contributed by atoms with Crippen LogP contribution in [0.25, 0.3) is 0 Å². The standard InChI is InChI=1S/C18H30N2O6/c21-17(22)15(3-1-5-19-7-11-25-12-8-19)16(18(23)24)4-2-6-20-9-13-26-14-10-20/h1-14H2,(H,21,22)(H,23,24)/b16-15+. The summed E-state index contributed by atoms with van der Waals surface area (Å²) >= 11 is 0. The molecule has 2 rings (SSSR count). The van der Waals surface area contributed by atoms with Crippen LogP contribution in [0.1, 0.15) is 25.7 Å². The van der Waals surface area contributed by atoms with Crippen molar-refractivity contribution in [1.82, 2.24) is 9.80 Å². The van der Waals surface area contributed by atoms with E-state index in [1.54, 1.807) is 0 Å². The van der Waals surface area contributed by atoms with Gasteiger partial charge in [-0.05, 0) is 38.8 Å². The Morgan fingerprint density at radius 2 is 1.04 bits per heavy atom. The number of carboxylic acids is 2. The number of hydrogen-bond donors (Lipinski definition) is 2. The van der Waals surface area contributed by atoms with Crippen molar-refractivity contribution in [2.45, 2.75) is 25.7 Å². The minimum Gasteiger partial charge on any atom is -0.478 e. The van der Waals surface area contributed by atoms with Crippen LogP contribution in [0.4, 0.5) is 0 Å². The maximum Gasteiger partial charge on any atom is 0.332 e. The van der Waals surface area contributed by atoms with Crippen molar-refractivity contribution < 1.29 is 29.3 Å². The predicted octanol–water partition coefficient (Wildman–Crippen LogP) is 0.677. The van der Waals surface area contributed by atoms with Crippen LogP contribution in [-0.2, 0) is 19.1 Å². The van der Waals surface area contributed by atoms with Crippen molar-refractivity contribution in [1.29, 1.82) is 0 Å². The van der Waals surface area contributed by atoms with E-state index >= 15 is 0 Å². The van der Waals surface area contributed by atoms with Gasteiger partial charge in [0.2, 0.25) is 0 Å². The van der Waals surface area contributed by atoms with Gasteiger partial charge in [-0.2, -0.15) is 0 Å². The molecule has 8 nitrogen and oxygen atoms in total. The molecule has 2 aliphatic heterocycles. The van der Waals surface area contributed by atoms with E-state index < -0.39 is 11.9 Å². The van der Waals surface area contributed by atoms with E-state index in [2.05, 4.69) is 9.80 Å². The van der Waals surface area contributed by atoms with Gasteiger partial charge in [0, 0.05) is 37.3 Å². The number of carbonyl (C=O) groups is 2. The highest BCUT2D eigenvalue weighted by atomic mass is 16.5. The number of ether oxygens (including phenoxy) is 2. The summed E-state index contributed by atoms with van der Waals surface area (Å²) in [5.74, 6) is -2.23. The van der Waals surface area contributed by atoms with Crippen LogP contribution < -0.4 is 0 Å². The molecule has 0 aromatic carbocycles. The van der Waals surface area contributed by atoms with Gasteiger partial charge in [-0.1, -0.05) is 0 Å². The summed E-state index contributed by atoms with van der Waals surface area (Å²) in [5.41, 5.74) is 0.0977. The normalized spacial score (nSPS) is 20.6. The third-order valence-electron chi connectivity index (χ3n) is 4.89. The zero-order chi connectivity index (χ0) is 18.8. The van der Waals surface area contributed by atoms with E-state index in [4.69, 9.17) is 9.47 Å². The van der Waals surface area contributed by atoms with Crippen molar-refractivity contribution in [2.75, 3.05) is 65.7 Å². The summed E-state index contributed by atoms with van der Waals surface area (Å²) in [6.45, 7) is 7.70. The molecule has 2 saturated heterocycles. The Hall–Kier alpha value is -1.48. The molecule has 0 spiro atoms. The zero-order valence-electron chi connectivity index (χ0n) is 15.3. The van der Waals surface area contributed by atoms with Crippen LogP contribution in [-0.4, -0.2) is 97.6 Å². The number of nitrogens with zero attached hydrogens (tertiary/aromatic N) is 2. The van der Waals surface area contributed by atoms with Gasteiger partial charge in [0.05, 0.1) is 26.4 Å². The lowest BCUT2D eigenvalue weighted by Gasteiger charge is -2.27. The lowest BCUT2D eigenvalue weighted by atomic mass is 9.99. The van der Waals surface area contributed by atoms with Crippen LogP contribution >= 0.6 is 0 Å². The van der Waals surface area contributed by atoms with Crippen molar-refractivity contribution in [3.63, 3.8) is 0 Å². The molecule has 26 heavy (non-hydrogen) atoms. The zero-order valence-corrected chi connectivity index (χ0v) is 15.3. The molecule has 0 bridgehead atoms. The molecule has 2 fully saturated rings. The molecule has 0 unspecified atom stereocenters. The molecule has 8 heteroatoms. The summed E-state index contributed by atoms with van der Waals surface area (Å²) in [6.07, 6.45) is 1.85. The molecule has 2 aliphatic rings. The van der Waals surface area contributed by atoms with E-state index in [1.165, 1.54) is 0 Å². The summed E-state index contributed by atoms with van der Waals surface area (Å²) < 4.78 is 10.6. The summed E-state index contributed by atoms with van der Waals surface area (Å²) in [6, 6.07) is 0. The van der Waals surface area contributed by atoms with Crippen molar-refractivity contribution in [3.05, 3.63) is 11.1 Å². The van der Waals surface area contributed by atoms with Crippen molar-refractivity contribution in [3.8, 4) is 0 Å². The van der Waals surface area contributed by atoms with Gasteiger partial charge < -0.3 is 19.7 Å². The minimum atomic E-state index is -1.12. The van der Waals surface area contributed by atoms with Crippen LogP contribution in [0.2, 0.25) is 0 Å². The molecule has 0 amide bonds. The molecule has 0 radical (unpaired) electrons. The number of carboxylic acid groups (broad SMARTS) is 2. The van der Waals surface area contributed by atoms with E-state index in [1.807, 2.05) is 0 Å². The van der Waals surface area contributed by atoms with Crippen LogP contribution in [0.3, 0.4) is 0 Å². The number of rotatable bonds is 10. The van der Waals surface area contributed by atoms with Gasteiger partial charge in [-0.15, -0.1) is 0 Å². The first-order valence-electron chi connectivity index (χ1n) is 9.36. The second-order valence-corrected chi connectivity index (χ2v) is 6.68. The molecular formula is C18H30N2O6. The summed E-state index contributed by atoms with van der Waals surface area (Å²) in [4.78, 5) is 27.7. The molecule has 148 valence electrons. The van der Waals surface area contributed by atoms with Gasteiger partial charge in [0.15, 0.2) is 0 Å². The fourth-order valence-electron chi connectivity index (χ4n) is 3.38. The summed E-state index contributed by atoms with van der Waals surface area (Å²) in [7, 11) is 0. The van der Waals surface area contributed by atoms with E-state index in [0.717, 1.165) is 39.3 Å². The monoisotopic (exact) mass is 370 g/mol. The molecular weight excluding hydrogens is 340 g/mol. The summed E-state index contributed by atoms with van der Waals surface area (Å²) in [5, 5.41) is 19.0. The Kier molecular flexibility index (Phi) is 9.04. The predicted molar refractivity (Wildman–Crippen MR) is 95.3 cm³/mol. The van der Waals surface area contributed by atoms with Gasteiger partial charge in [-0.25, -0.2) is 9.59 Å². The van der Waals surface area contributed by atoms with Crippen molar-refractivity contribution >= 4 is 11.9 Å². The first kappa shape index (κ1) is 20.8. The number of morpholine rings is 2. The third-order valence-corrected chi connectivity index (χ3v) is 4.89. The van der Waals surface area contributed by atoms with Crippen LogP contribution in [0, 0.1) is 0 Å². The molecule has 2 N–H and O–H groups in total. The first-order chi connectivity index (χ1) is 12.6. The quantitative estimate of drug-likeness (QED) is 0.542. The van der Waals surface area contributed by atoms with Gasteiger partial charge >= 0.3 is 11.9 Å². The fourth-order valence-corrected chi connectivity index (χ4v) is 3.38. The fraction of sp³-hybridized carbons (Fsp3) is 0.778. The maximum absolute atomic E-state index is 11.6. The average molecular weight is 370 g/mol. The van der Waals surface area contributed by atoms with Gasteiger partial charge in [0.25, 0.3) is 0 Å². The maximum atomic E-state index is 11.6. The Bertz CT molecular complexity index is 452. The van der Waals surface area contributed by atoms with E-state index in [-0.39, 0.29) is 24.0 Å². The van der Waals surface area contributed by atoms with Crippen molar-refractivity contribution in [2.24, 2.45) is 0 Å². The number of aliphatic carboxylic acids is 2. The highest BCUT2D eigenvalue weighted by Gasteiger charge is 2.21. The topological polar surface area (TPSA) is 99.5 Å². The van der Waals surface area contributed by atoms with Crippen LogP contribution in [0.15, 0.2) is 11.1 Å². The molecule has 2 heterocycles. The molecule has 0 aromatic heterocycles. The number of hydrogen-bond acceptors (Lipinski definition) is 6.